The molecule has 0 saturated carbocycles. The molecule has 1 unspecified atom stereocenters. The average Bonchev–Trinajstić information content (AvgIpc) is 2.92. The first-order chi connectivity index (χ1) is 11.5. The molecule has 0 radical (unpaired) electrons. The average molecular weight is 410 g/mol. The van der Waals surface area contributed by atoms with Crippen LogP contribution in [0.25, 0.3) is 0 Å². The molecule has 1 aromatic heterocycles. The number of furan rings is 1. The fourth-order valence-electron chi connectivity index (χ4n) is 2.45. The van der Waals surface area contributed by atoms with Crippen molar-refractivity contribution in [1.82, 2.24) is 0 Å². The number of nitrogens with zero attached hydrogens (tertiary/aromatic N) is 1. The molecule has 3 rings (SSSR count). The highest BCUT2D eigenvalue weighted by molar-refractivity contribution is 9.10. The number of para-hydroxylation sites is 1. The Bertz CT molecular complexity index is 761. The molecule has 1 aromatic carbocycles. The number of hydrogen-bond donors (Lipinski definition) is 0. The first kappa shape index (κ1) is 17.1. The van der Waals surface area contributed by atoms with E-state index in [1.54, 1.807) is 22.7 Å². The van der Waals surface area contributed by atoms with Crippen molar-refractivity contribution in [1.29, 1.82) is 0 Å². The number of amides is 1. The molecule has 0 saturated heterocycles. The molecule has 7 heteroatoms. The molecule has 1 aliphatic heterocycles. The van der Waals surface area contributed by atoms with Gasteiger partial charge in [0.25, 0.3) is 5.91 Å². The predicted molar refractivity (Wildman–Crippen MR) is 95.4 cm³/mol. The molecule has 0 aliphatic carbocycles. The summed E-state index contributed by atoms with van der Waals surface area (Å²) in [4.78, 5) is 27.2. The Morgan fingerprint density at radius 1 is 1.33 bits per heavy atom. The maximum absolute atomic E-state index is 12.6. The molecule has 0 bridgehead atoms. The van der Waals surface area contributed by atoms with Gasteiger partial charge in [0.15, 0.2) is 11.3 Å². The second-order valence-electron chi connectivity index (χ2n) is 5.41. The van der Waals surface area contributed by atoms with Crippen LogP contribution in [0.2, 0.25) is 0 Å². The lowest BCUT2D eigenvalue weighted by Gasteiger charge is -2.22. The lowest BCUT2D eigenvalue weighted by Crippen LogP contribution is -2.35. The Hall–Kier alpha value is -1.73. The molecule has 0 spiro atoms. The first-order valence-corrected chi connectivity index (χ1v) is 9.20. The number of thioether (sulfide) groups is 1. The molecule has 1 atom stereocenters. The monoisotopic (exact) mass is 409 g/mol. The second-order valence-corrected chi connectivity index (χ2v) is 7.67. The van der Waals surface area contributed by atoms with Gasteiger partial charge in [-0.25, -0.2) is 4.79 Å². The minimum Gasteiger partial charge on any atom is -0.450 e. The Labute approximate surface area is 152 Å². The van der Waals surface area contributed by atoms with Gasteiger partial charge in [0.1, 0.15) is 0 Å². The zero-order valence-electron chi connectivity index (χ0n) is 13.0. The van der Waals surface area contributed by atoms with E-state index < -0.39 is 5.97 Å². The van der Waals surface area contributed by atoms with Crippen molar-refractivity contribution in [2.24, 2.45) is 0 Å². The smallest absolute Gasteiger partial charge is 0.374 e. The molecular formula is C17H16BrNO4S. The number of anilines is 1. The summed E-state index contributed by atoms with van der Waals surface area (Å²) >= 11 is 4.88. The van der Waals surface area contributed by atoms with Crippen LogP contribution in [-0.2, 0) is 9.53 Å². The van der Waals surface area contributed by atoms with Crippen molar-refractivity contribution in [3.05, 3.63) is 46.8 Å². The fraction of sp³-hybridized carbons (Fsp3) is 0.294. The minimum atomic E-state index is -0.653. The number of halogens is 1. The quantitative estimate of drug-likeness (QED) is 0.713. The number of ether oxygens (including phenoxy) is 1. The SMILES string of the molecule is CC1CCN(C(=O)COC(=O)c2ccc(Br)o2)c2ccccc2S1. The minimum absolute atomic E-state index is 0.0649. The number of fused-ring (bicyclic) bond motifs is 1. The van der Waals surface area contributed by atoms with Crippen molar-refractivity contribution in [2.45, 2.75) is 23.5 Å². The number of carbonyl (C=O) groups is 2. The van der Waals surface area contributed by atoms with Gasteiger partial charge in [-0.1, -0.05) is 19.1 Å². The van der Waals surface area contributed by atoms with Crippen molar-refractivity contribution >= 4 is 45.3 Å². The van der Waals surface area contributed by atoms with Crippen molar-refractivity contribution < 1.29 is 18.7 Å². The molecule has 2 aromatic rings. The Kier molecular flexibility index (Phi) is 5.30. The molecule has 24 heavy (non-hydrogen) atoms. The number of benzene rings is 1. The standard InChI is InChI=1S/C17H16BrNO4S/c1-11-8-9-19(12-4-2-3-5-14(12)24-11)16(20)10-22-17(21)13-6-7-15(18)23-13/h2-7,11H,8-10H2,1H3. The third-order valence-electron chi connectivity index (χ3n) is 3.65. The zero-order valence-corrected chi connectivity index (χ0v) is 15.4. The molecule has 2 heterocycles. The zero-order chi connectivity index (χ0) is 17.1. The van der Waals surface area contributed by atoms with E-state index in [2.05, 4.69) is 22.9 Å². The fourth-order valence-corrected chi connectivity index (χ4v) is 3.87. The number of esters is 1. The van der Waals surface area contributed by atoms with Crippen LogP contribution in [0, 0.1) is 0 Å². The highest BCUT2D eigenvalue weighted by Gasteiger charge is 2.25. The summed E-state index contributed by atoms with van der Waals surface area (Å²) in [5, 5.41) is 0.423. The molecule has 126 valence electrons. The van der Waals surface area contributed by atoms with E-state index in [0.29, 0.717) is 16.5 Å². The van der Waals surface area contributed by atoms with Gasteiger partial charge in [-0.15, -0.1) is 11.8 Å². The van der Waals surface area contributed by atoms with Crippen molar-refractivity contribution in [3.8, 4) is 0 Å². The summed E-state index contributed by atoms with van der Waals surface area (Å²) in [5.41, 5.74) is 0.869. The van der Waals surface area contributed by atoms with Crippen molar-refractivity contribution in [3.63, 3.8) is 0 Å². The van der Waals surface area contributed by atoms with Gasteiger partial charge in [-0.2, -0.15) is 0 Å². The number of carbonyl (C=O) groups excluding carboxylic acids is 2. The largest absolute Gasteiger partial charge is 0.450 e. The summed E-state index contributed by atoms with van der Waals surface area (Å²) < 4.78 is 10.7. The Morgan fingerprint density at radius 2 is 2.12 bits per heavy atom. The van der Waals surface area contributed by atoms with Crippen LogP contribution < -0.4 is 4.90 Å². The van der Waals surface area contributed by atoms with E-state index in [0.717, 1.165) is 17.0 Å². The normalized spacial score (nSPS) is 17.1. The molecule has 5 nitrogen and oxygen atoms in total. The van der Waals surface area contributed by atoms with E-state index in [9.17, 15) is 9.59 Å². The first-order valence-electron chi connectivity index (χ1n) is 7.53. The maximum atomic E-state index is 12.6. The topological polar surface area (TPSA) is 59.8 Å². The van der Waals surface area contributed by atoms with Crippen LogP contribution in [0.5, 0.6) is 0 Å². The molecule has 1 aliphatic rings. The van der Waals surface area contributed by atoms with Gasteiger partial charge in [0, 0.05) is 16.7 Å². The summed E-state index contributed by atoms with van der Waals surface area (Å²) in [6, 6.07) is 10.9. The van der Waals surface area contributed by atoms with Gasteiger partial charge >= 0.3 is 5.97 Å². The lowest BCUT2D eigenvalue weighted by atomic mass is 10.2. The highest BCUT2D eigenvalue weighted by atomic mass is 79.9. The molecule has 1 amide bonds. The molecule has 0 fully saturated rings. The van der Waals surface area contributed by atoms with E-state index >= 15 is 0 Å². The summed E-state index contributed by atoms with van der Waals surface area (Å²) in [6.45, 7) is 2.43. The third-order valence-corrected chi connectivity index (χ3v) is 5.31. The number of hydrogen-bond acceptors (Lipinski definition) is 5. The molecular weight excluding hydrogens is 394 g/mol. The maximum Gasteiger partial charge on any atom is 0.374 e. The second kappa shape index (κ2) is 7.44. The summed E-state index contributed by atoms with van der Waals surface area (Å²) in [6.07, 6.45) is 0.879. The van der Waals surface area contributed by atoms with Gasteiger partial charge in [-0.3, -0.25) is 4.79 Å². The lowest BCUT2D eigenvalue weighted by molar-refractivity contribution is -0.121. The van der Waals surface area contributed by atoms with E-state index in [4.69, 9.17) is 9.15 Å². The summed E-state index contributed by atoms with van der Waals surface area (Å²) in [7, 11) is 0. The van der Waals surface area contributed by atoms with Crippen LogP contribution >= 0.6 is 27.7 Å². The van der Waals surface area contributed by atoms with E-state index in [1.807, 2.05) is 24.3 Å². The number of rotatable bonds is 3. The van der Waals surface area contributed by atoms with Crippen LogP contribution in [0.4, 0.5) is 5.69 Å². The van der Waals surface area contributed by atoms with Gasteiger partial charge in [0.2, 0.25) is 5.76 Å². The van der Waals surface area contributed by atoms with Crippen LogP contribution in [0.3, 0.4) is 0 Å². The highest BCUT2D eigenvalue weighted by Crippen LogP contribution is 2.37. The predicted octanol–water partition coefficient (Wildman–Crippen LogP) is 4.12. The van der Waals surface area contributed by atoms with E-state index in [1.165, 1.54) is 6.07 Å². The Balaban J connectivity index is 1.69. The van der Waals surface area contributed by atoms with Gasteiger partial charge in [-0.05, 0) is 46.6 Å². The third kappa shape index (κ3) is 3.84. The van der Waals surface area contributed by atoms with Crippen LogP contribution in [0.15, 0.2) is 50.4 Å². The van der Waals surface area contributed by atoms with Crippen LogP contribution in [-0.4, -0.2) is 30.3 Å². The van der Waals surface area contributed by atoms with Crippen LogP contribution in [0.1, 0.15) is 23.9 Å². The van der Waals surface area contributed by atoms with Gasteiger partial charge in [0.05, 0.1) is 5.69 Å². The summed E-state index contributed by atoms with van der Waals surface area (Å²) in [5.74, 6) is -0.828. The Morgan fingerprint density at radius 3 is 2.88 bits per heavy atom. The molecule has 0 N–H and O–H groups in total. The van der Waals surface area contributed by atoms with E-state index in [-0.39, 0.29) is 18.3 Å². The van der Waals surface area contributed by atoms with Gasteiger partial charge < -0.3 is 14.1 Å². The van der Waals surface area contributed by atoms with Crippen molar-refractivity contribution in [2.75, 3.05) is 18.1 Å².